The van der Waals surface area contributed by atoms with Crippen LogP contribution in [0.25, 0.3) is 0 Å². The van der Waals surface area contributed by atoms with Crippen molar-refractivity contribution >= 4 is 41.1 Å². The van der Waals surface area contributed by atoms with E-state index in [1.54, 1.807) is 11.8 Å². The lowest BCUT2D eigenvalue weighted by Gasteiger charge is -2.11. The molecule has 0 aromatic rings. The normalized spacial score (nSPS) is 31.6. The van der Waals surface area contributed by atoms with Crippen LogP contribution in [-0.2, 0) is 12.8 Å². The van der Waals surface area contributed by atoms with Crippen molar-refractivity contribution in [1.29, 1.82) is 0 Å². The molecule has 1 heterocycles. The predicted octanol–water partition coefficient (Wildman–Crippen LogP) is -0.635. The van der Waals surface area contributed by atoms with E-state index in [9.17, 15) is 0 Å². The Bertz CT molecular complexity index is 92.2. The summed E-state index contributed by atoms with van der Waals surface area (Å²) < 4.78 is 1.93. The van der Waals surface area contributed by atoms with Gasteiger partial charge in [0, 0.05) is 0 Å². The lowest BCUT2D eigenvalue weighted by molar-refractivity contribution is -0.629. The van der Waals surface area contributed by atoms with Crippen LogP contribution in [0.1, 0.15) is 0 Å². The zero-order valence-electron chi connectivity index (χ0n) is 3.64. The first-order valence-electron chi connectivity index (χ1n) is 2.00. The van der Waals surface area contributed by atoms with Crippen LogP contribution < -0.4 is 4.31 Å². The summed E-state index contributed by atoms with van der Waals surface area (Å²) >= 11 is 11.4. The summed E-state index contributed by atoms with van der Waals surface area (Å²) in [6, 6.07) is 0. The molecule has 7 heavy (non-hydrogen) atoms. The zero-order chi connectivity index (χ0) is 5.28. The minimum absolute atomic E-state index is 0.940. The Labute approximate surface area is 58.0 Å². The number of thiocarbonyl (C=S) groups is 1. The minimum Gasteiger partial charge on any atom is -0.488 e. The first-order chi connectivity index (χ1) is 3.30. The van der Waals surface area contributed by atoms with Crippen LogP contribution in [0.4, 0.5) is 0 Å². The van der Waals surface area contributed by atoms with Crippen molar-refractivity contribution in [3.05, 3.63) is 0 Å². The molecule has 1 nitrogen and oxygen atoms in total. The van der Waals surface area contributed by atoms with Crippen LogP contribution in [0.3, 0.4) is 0 Å². The fourth-order valence-corrected chi connectivity index (χ4v) is 1.93. The van der Waals surface area contributed by atoms with Gasteiger partial charge in [0.25, 0.3) is 0 Å². The van der Waals surface area contributed by atoms with Crippen LogP contribution >= 0.6 is 24.0 Å². The molecular formula is C3H5NS3. The quantitative estimate of drug-likeness (QED) is 0.363. The number of quaternary nitrogens is 1. The van der Waals surface area contributed by atoms with Crippen molar-refractivity contribution in [3.63, 3.8) is 0 Å². The summed E-state index contributed by atoms with van der Waals surface area (Å²) in [5, 5.41) is 0. The second kappa shape index (κ2) is 2.35. The van der Waals surface area contributed by atoms with Gasteiger partial charge in [-0.05, 0) is 12.2 Å². The molecule has 0 radical (unpaired) electrons. The number of rotatable bonds is 0. The number of thioether (sulfide) groups is 1. The van der Waals surface area contributed by atoms with Gasteiger partial charge in [0.1, 0.15) is 0 Å². The molecule has 1 rings (SSSR count). The van der Waals surface area contributed by atoms with E-state index >= 15 is 0 Å². The first kappa shape index (κ1) is 5.88. The van der Waals surface area contributed by atoms with Crippen molar-refractivity contribution in [1.82, 2.24) is 0 Å². The zero-order valence-corrected chi connectivity index (χ0v) is 6.09. The summed E-state index contributed by atoms with van der Waals surface area (Å²) in [5.74, 6) is 1.11. The van der Waals surface area contributed by atoms with Crippen molar-refractivity contribution in [2.45, 2.75) is 0 Å². The number of hydrogen-bond donors (Lipinski definition) is 1. The molecule has 1 N–H and O–H groups in total. The number of hydrogen-bond acceptors (Lipinski definition) is 3. The highest BCUT2D eigenvalue weighted by Gasteiger charge is 2.12. The summed E-state index contributed by atoms with van der Waals surface area (Å²) in [5.41, 5.74) is 0. The highest BCUT2D eigenvalue weighted by molar-refractivity contribution is 8.22. The Morgan fingerprint density at radius 1 is 1.86 bits per heavy atom. The fraction of sp³-hybridized carbons (Fsp3) is 0.667. The van der Waals surface area contributed by atoms with Gasteiger partial charge in [-0.3, -0.25) is 0 Å². The van der Waals surface area contributed by atoms with E-state index in [4.69, 9.17) is 25.0 Å². The molecule has 1 atom stereocenters. The Hall–Kier alpha value is 0.750. The molecule has 0 saturated carbocycles. The molecule has 0 amide bonds. The molecule has 0 aliphatic carbocycles. The van der Waals surface area contributed by atoms with E-state index in [0.717, 1.165) is 20.9 Å². The second-order valence-corrected chi connectivity index (χ2v) is 3.57. The average Bonchev–Trinajstić information content (AvgIpc) is 1.91. The first-order valence-corrected chi connectivity index (χ1v) is 3.81. The van der Waals surface area contributed by atoms with E-state index in [2.05, 4.69) is 0 Å². The second-order valence-electron chi connectivity index (χ2n) is 1.31. The Balaban J connectivity index is 2.48. The molecule has 0 aromatic carbocycles. The number of nitrogens with one attached hydrogen (secondary N) is 1. The third-order valence-electron chi connectivity index (χ3n) is 0.790. The standard InChI is InChI=1S/C3H5NS3/c5-3-4(6)1-2-7-3/h4H,1-2H2. The van der Waals surface area contributed by atoms with Crippen LogP contribution in [0.5, 0.6) is 0 Å². The van der Waals surface area contributed by atoms with Crippen molar-refractivity contribution in [2.75, 3.05) is 12.3 Å². The SMILES string of the molecule is S=C1SCC[NH+]1[S-]. The van der Waals surface area contributed by atoms with E-state index in [-0.39, 0.29) is 0 Å². The molecular weight excluding hydrogens is 146 g/mol. The maximum Gasteiger partial charge on any atom is 0.214 e. The lowest BCUT2D eigenvalue weighted by Crippen LogP contribution is -3.07. The molecule has 4 heteroatoms. The van der Waals surface area contributed by atoms with Gasteiger partial charge in [-0.25, -0.2) is 0 Å². The molecule has 0 spiro atoms. The maximum atomic E-state index is 4.88. The highest BCUT2D eigenvalue weighted by Crippen LogP contribution is 2.00. The summed E-state index contributed by atoms with van der Waals surface area (Å²) in [7, 11) is 0. The third kappa shape index (κ3) is 1.32. The van der Waals surface area contributed by atoms with Gasteiger partial charge in [-0.2, -0.15) is 0 Å². The largest absolute Gasteiger partial charge is 0.488 e. The van der Waals surface area contributed by atoms with Gasteiger partial charge in [0.05, 0.1) is 12.3 Å². The van der Waals surface area contributed by atoms with E-state index in [1.165, 1.54) is 0 Å². The molecule has 1 fully saturated rings. The van der Waals surface area contributed by atoms with Crippen molar-refractivity contribution in [3.8, 4) is 0 Å². The predicted molar refractivity (Wildman–Crippen MR) is 38.3 cm³/mol. The van der Waals surface area contributed by atoms with Crippen molar-refractivity contribution < 1.29 is 4.31 Å². The molecule has 0 bridgehead atoms. The Kier molecular flexibility index (Phi) is 1.97. The summed E-state index contributed by atoms with van der Waals surface area (Å²) in [6.07, 6.45) is 0. The molecule has 1 aliphatic rings. The molecule has 1 aliphatic heterocycles. The van der Waals surface area contributed by atoms with Crippen LogP contribution in [0, 0.1) is 0 Å². The van der Waals surface area contributed by atoms with Gasteiger partial charge in [-0.15, -0.1) is 0 Å². The maximum absolute atomic E-state index is 4.88. The van der Waals surface area contributed by atoms with E-state index in [1.807, 2.05) is 0 Å². The monoisotopic (exact) mass is 151 g/mol. The summed E-state index contributed by atoms with van der Waals surface area (Å²) in [6.45, 7) is 1.03. The van der Waals surface area contributed by atoms with Gasteiger partial charge < -0.3 is 17.1 Å². The Morgan fingerprint density at radius 3 is 2.71 bits per heavy atom. The molecule has 0 aromatic heterocycles. The van der Waals surface area contributed by atoms with Crippen LogP contribution in [-0.4, -0.2) is 16.6 Å². The minimum atomic E-state index is 0.940. The molecule has 1 unspecified atom stereocenters. The highest BCUT2D eigenvalue weighted by atomic mass is 32.2. The van der Waals surface area contributed by atoms with Gasteiger partial charge in [0.15, 0.2) is 0 Å². The van der Waals surface area contributed by atoms with E-state index in [0.29, 0.717) is 0 Å². The average molecular weight is 151 g/mol. The fourth-order valence-electron chi connectivity index (χ4n) is 0.419. The third-order valence-corrected chi connectivity index (χ3v) is 2.97. The van der Waals surface area contributed by atoms with Crippen molar-refractivity contribution in [2.24, 2.45) is 0 Å². The Morgan fingerprint density at radius 2 is 2.57 bits per heavy atom. The van der Waals surface area contributed by atoms with Crippen LogP contribution in [0.2, 0.25) is 0 Å². The van der Waals surface area contributed by atoms with E-state index < -0.39 is 0 Å². The smallest absolute Gasteiger partial charge is 0.214 e. The topological polar surface area (TPSA) is 4.44 Å². The molecule has 1 saturated heterocycles. The van der Waals surface area contributed by atoms with Crippen LogP contribution in [0.15, 0.2) is 0 Å². The lowest BCUT2D eigenvalue weighted by atomic mass is 10.8. The summed E-state index contributed by atoms with van der Waals surface area (Å²) in [4.78, 5) is 0. The van der Waals surface area contributed by atoms with Gasteiger partial charge in [0.2, 0.25) is 4.32 Å². The molecule has 40 valence electrons. The van der Waals surface area contributed by atoms with Gasteiger partial charge >= 0.3 is 0 Å². The van der Waals surface area contributed by atoms with Gasteiger partial charge in [-0.1, -0.05) is 11.8 Å².